The molecule has 0 aliphatic heterocycles. The van der Waals surface area contributed by atoms with E-state index in [1.165, 1.54) is 5.01 Å². The number of nitrogens with zero attached hydrogens (tertiary/aromatic N) is 2. The van der Waals surface area contributed by atoms with E-state index >= 15 is 0 Å². The highest BCUT2D eigenvalue weighted by molar-refractivity contribution is 7.09. The van der Waals surface area contributed by atoms with E-state index in [1.807, 2.05) is 0 Å². The van der Waals surface area contributed by atoms with Crippen LogP contribution in [0.2, 0.25) is 0 Å². The first kappa shape index (κ1) is 12.6. The zero-order valence-electron chi connectivity index (χ0n) is 10.3. The van der Waals surface area contributed by atoms with E-state index in [9.17, 15) is 0 Å². The van der Waals surface area contributed by atoms with Crippen LogP contribution in [0.4, 0.5) is 0 Å². The third-order valence-corrected chi connectivity index (χ3v) is 2.73. The molecule has 0 saturated carbocycles. The molecule has 1 heterocycles. The van der Waals surface area contributed by atoms with Crippen LogP contribution in [0, 0.1) is 0 Å². The lowest BCUT2D eigenvalue weighted by molar-refractivity contribution is 0.399. The molecule has 1 N–H and O–H groups in total. The Morgan fingerprint density at radius 1 is 1.40 bits per heavy atom. The van der Waals surface area contributed by atoms with Crippen LogP contribution in [0.3, 0.4) is 0 Å². The van der Waals surface area contributed by atoms with Crippen LogP contribution in [0.25, 0.3) is 0 Å². The Balaban J connectivity index is 2.46. The summed E-state index contributed by atoms with van der Waals surface area (Å²) in [5.41, 5.74) is 1.30. The van der Waals surface area contributed by atoms with E-state index < -0.39 is 0 Å². The maximum absolute atomic E-state index is 4.57. The molecule has 0 unspecified atom stereocenters. The highest BCUT2D eigenvalue weighted by Crippen LogP contribution is 2.12. The Bertz CT molecular complexity index is 299. The van der Waals surface area contributed by atoms with E-state index in [0.717, 1.165) is 18.8 Å². The fraction of sp³-hybridized carbons (Fsp3) is 0.727. The molecule has 1 aromatic rings. The van der Waals surface area contributed by atoms with Gasteiger partial charge in [0.05, 0.1) is 5.69 Å². The van der Waals surface area contributed by atoms with Gasteiger partial charge < -0.3 is 10.2 Å². The summed E-state index contributed by atoms with van der Waals surface area (Å²) in [7, 11) is 4.13. The lowest BCUT2D eigenvalue weighted by Crippen LogP contribution is -2.35. The predicted molar refractivity (Wildman–Crippen MR) is 66.1 cm³/mol. The molecule has 0 aliphatic carbocycles. The summed E-state index contributed by atoms with van der Waals surface area (Å²) in [6.07, 6.45) is 0. The molecule has 0 amide bonds. The van der Waals surface area contributed by atoms with E-state index in [4.69, 9.17) is 0 Å². The first-order chi connectivity index (χ1) is 6.87. The van der Waals surface area contributed by atoms with Gasteiger partial charge in [0.15, 0.2) is 0 Å². The summed E-state index contributed by atoms with van der Waals surface area (Å²) in [5.74, 6) is 0. The van der Waals surface area contributed by atoms with Crippen molar-refractivity contribution in [2.75, 3.05) is 14.1 Å². The van der Waals surface area contributed by atoms with Gasteiger partial charge in [-0.1, -0.05) is 0 Å². The van der Waals surface area contributed by atoms with Gasteiger partial charge in [0.1, 0.15) is 5.01 Å². The molecule has 86 valence electrons. The highest BCUT2D eigenvalue weighted by atomic mass is 32.1. The molecular weight excluding hydrogens is 206 g/mol. The van der Waals surface area contributed by atoms with Crippen molar-refractivity contribution in [3.8, 4) is 0 Å². The second-order valence-electron chi connectivity index (χ2n) is 5.07. The molecule has 0 spiro atoms. The fourth-order valence-corrected chi connectivity index (χ4v) is 2.04. The molecule has 0 aromatic carbocycles. The van der Waals surface area contributed by atoms with Crippen LogP contribution in [0.1, 0.15) is 31.5 Å². The average molecular weight is 227 g/mol. The number of aromatic nitrogens is 1. The zero-order valence-corrected chi connectivity index (χ0v) is 11.1. The number of rotatable bonds is 4. The normalized spacial score (nSPS) is 12.4. The largest absolute Gasteiger partial charge is 0.306 e. The van der Waals surface area contributed by atoms with Crippen molar-refractivity contribution in [3.05, 3.63) is 16.1 Å². The molecule has 0 saturated heterocycles. The summed E-state index contributed by atoms with van der Waals surface area (Å²) < 4.78 is 0. The van der Waals surface area contributed by atoms with Crippen molar-refractivity contribution >= 4 is 11.3 Å². The second-order valence-corrected chi connectivity index (χ2v) is 6.02. The molecule has 15 heavy (non-hydrogen) atoms. The molecule has 3 nitrogen and oxygen atoms in total. The van der Waals surface area contributed by atoms with Gasteiger partial charge in [-0.15, -0.1) is 11.3 Å². The Hall–Kier alpha value is -0.450. The van der Waals surface area contributed by atoms with Crippen LogP contribution in [-0.4, -0.2) is 29.5 Å². The number of hydrogen-bond acceptors (Lipinski definition) is 4. The molecule has 0 atom stereocenters. The SMILES string of the molecule is CN(C)Cc1nc(CNC(C)(C)C)cs1. The Morgan fingerprint density at radius 3 is 2.60 bits per heavy atom. The molecular formula is C11H21N3S. The van der Waals surface area contributed by atoms with Gasteiger partial charge in [-0.3, -0.25) is 0 Å². The zero-order chi connectivity index (χ0) is 11.5. The molecule has 0 radical (unpaired) electrons. The van der Waals surface area contributed by atoms with Crippen molar-refractivity contribution in [1.29, 1.82) is 0 Å². The first-order valence-corrected chi connectivity index (χ1v) is 6.08. The highest BCUT2D eigenvalue weighted by Gasteiger charge is 2.10. The Morgan fingerprint density at radius 2 is 2.07 bits per heavy atom. The van der Waals surface area contributed by atoms with Crippen LogP contribution in [0.15, 0.2) is 5.38 Å². The average Bonchev–Trinajstić information content (AvgIpc) is 2.46. The summed E-state index contributed by atoms with van der Waals surface area (Å²) in [4.78, 5) is 6.71. The number of hydrogen-bond donors (Lipinski definition) is 1. The molecule has 4 heteroatoms. The van der Waals surface area contributed by atoms with Crippen LogP contribution in [-0.2, 0) is 13.1 Å². The first-order valence-electron chi connectivity index (χ1n) is 5.20. The van der Waals surface area contributed by atoms with Gasteiger partial charge in [-0.2, -0.15) is 0 Å². The fourth-order valence-electron chi connectivity index (χ4n) is 1.13. The summed E-state index contributed by atoms with van der Waals surface area (Å²) in [6, 6.07) is 0. The lowest BCUT2D eigenvalue weighted by Gasteiger charge is -2.19. The molecule has 0 fully saturated rings. The van der Waals surface area contributed by atoms with Gasteiger partial charge in [0, 0.05) is 24.0 Å². The van der Waals surface area contributed by atoms with Crippen molar-refractivity contribution in [3.63, 3.8) is 0 Å². The van der Waals surface area contributed by atoms with Gasteiger partial charge in [-0.05, 0) is 34.9 Å². The van der Waals surface area contributed by atoms with Gasteiger partial charge in [-0.25, -0.2) is 4.98 Å². The topological polar surface area (TPSA) is 28.2 Å². The molecule has 0 aliphatic rings. The maximum Gasteiger partial charge on any atom is 0.107 e. The van der Waals surface area contributed by atoms with Gasteiger partial charge in [0.25, 0.3) is 0 Å². The minimum absolute atomic E-state index is 0.158. The minimum atomic E-state index is 0.158. The van der Waals surface area contributed by atoms with Crippen molar-refractivity contribution in [1.82, 2.24) is 15.2 Å². The van der Waals surface area contributed by atoms with Gasteiger partial charge in [0.2, 0.25) is 0 Å². The quantitative estimate of drug-likeness (QED) is 0.854. The molecule has 1 rings (SSSR count). The number of nitrogens with one attached hydrogen (secondary N) is 1. The Kier molecular flexibility index (Phi) is 4.25. The van der Waals surface area contributed by atoms with E-state index in [1.54, 1.807) is 11.3 Å². The predicted octanol–water partition coefficient (Wildman–Crippen LogP) is 2.09. The maximum atomic E-state index is 4.57. The van der Waals surface area contributed by atoms with E-state index in [0.29, 0.717) is 0 Å². The lowest BCUT2D eigenvalue weighted by atomic mass is 10.1. The standard InChI is InChI=1S/C11H21N3S/c1-11(2,3)12-6-9-8-15-10(13-9)7-14(4)5/h8,12H,6-7H2,1-5H3. The van der Waals surface area contributed by atoms with Crippen molar-refractivity contribution < 1.29 is 0 Å². The molecule has 0 bridgehead atoms. The van der Waals surface area contributed by atoms with E-state index in [-0.39, 0.29) is 5.54 Å². The second kappa shape index (κ2) is 5.05. The summed E-state index contributed by atoms with van der Waals surface area (Å²) in [6.45, 7) is 8.29. The summed E-state index contributed by atoms with van der Waals surface area (Å²) in [5, 5.41) is 6.76. The Labute approximate surface area is 96.5 Å². The monoisotopic (exact) mass is 227 g/mol. The summed E-state index contributed by atoms with van der Waals surface area (Å²) >= 11 is 1.74. The van der Waals surface area contributed by atoms with Crippen LogP contribution >= 0.6 is 11.3 Å². The third-order valence-electron chi connectivity index (χ3n) is 1.85. The smallest absolute Gasteiger partial charge is 0.107 e. The van der Waals surface area contributed by atoms with Crippen molar-refractivity contribution in [2.45, 2.75) is 39.4 Å². The van der Waals surface area contributed by atoms with Crippen LogP contribution < -0.4 is 5.32 Å². The van der Waals surface area contributed by atoms with Crippen molar-refractivity contribution in [2.24, 2.45) is 0 Å². The van der Waals surface area contributed by atoms with Gasteiger partial charge >= 0.3 is 0 Å². The van der Waals surface area contributed by atoms with Crippen LogP contribution in [0.5, 0.6) is 0 Å². The third kappa shape index (κ3) is 5.25. The van der Waals surface area contributed by atoms with E-state index in [2.05, 4.69) is 55.4 Å². The number of thiazole rings is 1. The molecule has 1 aromatic heterocycles. The minimum Gasteiger partial charge on any atom is -0.306 e.